The summed E-state index contributed by atoms with van der Waals surface area (Å²) in [6.45, 7) is 1.23. The van der Waals surface area contributed by atoms with Gasteiger partial charge in [0, 0.05) is 18.9 Å². The van der Waals surface area contributed by atoms with Crippen molar-refractivity contribution in [3.05, 3.63) is 29.8 Å². The molecular weight excluding hydrogens is 244 g/mol. The topological polar surface area (TPSA) is 98.5 Å². The van der Waals surface area contributed by atoms with E-state index in [1.165, 1.54) is 19.1 Å². The maximum absolute atomic E-state index is 11.7. The molecule has 90 valence electrons. The third-order valence-electron chi connectivity index (χ3n) is 1.60. The van der Waals surface area contributed by atoms with Gasteiger partial charge in [0.05, 0.1) is 5.56 Å². The minimum Gasteiger partial charge on any atom is -0.426 e. The molecule has 0 radical (unpaired) electrons. The summed E-state index contributed by atoms with van der Waals surface area (Å²) in [5.74, 6) is -0.387. The van der Waals surface area contributed by atoms with Crippen LogP contribution in [-0.2, 0) is 4.79 Å². The van der Waals surface area contributed by atoms with Gasteiger partial charge in [0.25, 0.3) is 0 Å². The van der Waals surface area contributed by atoms with Crippen molar-refractivity contribution in [3.8, 4) is 5.75 Å². The number of para-hydroxylation sites is 1. The maximum Gasteiger partial charge on any atom is 0.322 e. The zero-order valence-corrected chi connectivity index (χ0v) is 9.74. The molecule has 1 rings (SSSR count). The molecule has 3 N–H and O–H groups in total. The first kappa shape index (κ1) is 13.0. The van der Waals surface area contributed by atoms with E-state index in [9.17, 15) is 14.4 Å². The van der Waals surface area contributed by atoms with Gasteiger partial charge in [-0.1, -0.05) is 12.1 Å². The summed E-state index contributed by atoms with van der Waals surface area (Å²) in [5.41, 5.74) is 5.01. The lowest BCUT2D eigenvalue weighted by Crippen LogP contribution is -2.24. The Hall–Kier alpha value is -2.02. The highest BCUT2D eigenvalue weighted by molar-refractivity contribution is 8.12. The summed E-state index contributed by atoms with van der Waals surface area (Å²) in [5, 5.41) is -0.472. The summed E-state index contributed by atoms with van der Waals surface area (Å²) >= 11 is 0.524. The van der Waals surface area contributed by atoms with Gasteiger partial charge in [-0.15, -0.1) is 0 Å². The van der Waals surface area contributed by atoms with Crippen LogP contribution in [0.5, 0.6) is 5.75 Å². The third kappa shape index (κ3) is 4.15. The molecular formula is C10H10N2O4S. The predicted octanol–water partition coefficient (Wildman–Crippen LogP) is 1.07. The summed E-state index contributed by atoms with van der Waals surface area (Å²) < 4.78 is 6.95. The zero-order chi connectivity index (χ0) is 12.8. The van der Waals surface area contributed by atoms with Gasteiger partial charge in [-0.2, -0.15) is 0 Å². The van der Waals surface area contributed by atoms with Gasteiger partial charge in [0.1, 0.15) is 5.75 Å². The summed E-state index contributed by atoms with van der Waals surface area (Å²) in [6.07, 6.45) is 0. The largest absolute Gasteiger partial charge is 0.426 e. The molecule has 0 aliphatic rings. The normalized spacial score (nSPS) is 9.47. The van der Waals surface area contributed by atoms with Gasteiger partial charge < -0.3 is 10.5 Å². The first-order chi connectivity index (χ1) is 8.00. The van der Waals surface area contributed by atoms with Crippen LogP contribution in [0.4, 0.5) is 4.79 Å². The monoisotopic (exact) mass is 254 g/mol. The molecule has 1 aromatic carbocycles. The quantitative estimate of drug-likeness (QED) is 0.467. The van der Waals surface area contributed by atoms with Crippen molar-refractivity contribution in [2.24, 2.45) is 5.73 Å². The molecule has 0 bridgehead atoms. The number of hydrogen-bond donors (Lipinski definition) is 2. The second-order valence-electron chi connectivity index (χ2n) is 2.95. The molecule has 0 aliphatic heterocycles. The number of nitrogens with one attached hydrogen (secondary N) is 1. The Balaban J connectivity index is 2.85. The summed E-state index contributed by atoms with van der Waals surface area (Å²) in [6, 6.07) is 5.38. The van der Waals surface area contributed by atoms with Crippen molar-refractivity contribution in [2.45, 2.75) is 6.92 Å². The highest BCUT2D eigenvalue weighted by Crippen LogP contribution is 2.22. The molecule has 0 saturated carbocycles. The van der Waals surface area contributed by atoms with Crippen molar-refractivity contribution < 1.29 is 19.1 Å². The molecule has 0 saturated heterocycles. The van der Waals surface area contributed by atoms with E-state index in [2.05, 4.69) is 4.72 Å². The van der Waals surface area contributed by atoms with Crippen molar-refractivity contribution in [2.75, 3.05) is 0 Å². The molecule has 1 aromatic rings. The predicted molar refractivity (Wildman–Crippen MR) is 62.4 cm³/mol. The fourth-order valence-corrected chi connectivity index (χ4v) is 1.50. The Morgan fingerprint density at radius 3 is 2.53 bits per heavy atom. The number of carbonyl (C=O) groups is 3. The van der Waals surface area contributed by atoms with Gasteiger partial charge in [-0.25, -0.2) is 4.79 Å². The average Bonchev–Trinajstić information content (AvgIpc) is 2.25. The number of nitrogens with two attached hydrogens (primary N) is 1. The van der Waals surface area contributed by atoms with E-state index in [0.717, 1.165) is 0 Å². The Morgan fingerprint density at radius 2 is 1.94 bits per heavy atom. The number of benzene rings is 1. The van der Waals surface area contributed by atoms with E-state index in [0.29, 0.717) is 11.9 Å². The van der Waals surface area contributed by atoms with E-state index in [1.807, 2.05) is 0 Å². The number of esters is 1. The second kappa shape index (κ2) is 5.90. The standard InChI is InChI=1S/C10H10N2O4S/c1-6(13)16-8-5-3-2-4-7(8)9(14)17-12-10(11)15/h2-5H,1H3,(H3,11,12,15). The summed E-state index contributed by atoms with van der Waals surface area (Å²) in [4.78, 5) is 32.9. The first-order valence-corrected chi connectivity index (χ1v) is 5.36. The molecule has 0 aromatic heterocycles. The van der Waals surface area contributed by atoms with E-state index in [-0.39, 0.29) is 11.3 Å². The molecule has 2 amide bonds. The van der Waals surface area contributed by atoms with E-state index >= 15 is 0 Å². The highest BCUT2D eigenvalue weighted by Gasteiger charge is 2.14. The Bertz CT molecular complexity index is 461. The number of ether oxygens (including phenoxy) is 1. The van der Waals surface area contributed by atoms with Crippen LogP contribution in [-0.4, -0.2) is 17.1 Å². The lowest BCUT2D eigenvalue weighted by molar-refractivity contribution is -0.131. The van der Waals surface area contributed by atoms with Crippen LogP contribution in [0.3, 0.4) is 0 Å². The lowest BCUT2D eigenvalue weighted by Gasteiger charge is -2.06. The van der Waals surface area contributed by atoms with Crippen molar-refractivity contribution >= 4 is 29.1 Å². The minimum atomic E-state index is -0.826. The van der Waals surface area contributed by atoms with Crippen LogP contribution in [0.2, 0.25) is 0 Å². The maximum atomic E-state index is 11.7. The smallest absolute Gasteiger partial charge is 0.322 e. The Kier molecular flexibility index (Phi) is 4.53. The van der Waals surface area contributed by atoms with Gasteiger partial charge in [-0.05, 0) is 12.1 Å². The first-order valence-electron chi connectivity index (χ1n) is 4.54. The number of amides is 2. The average molecular weight is 254 g/mol. The zero-order valence-electron chi connectivity index (χ0n) is 8.93. The van der Waals surface area contributed by atoms with Crippen LogP contribution in [0.15, 0.2) is 24.3 Å². The second-order valence-corrected chi connectivity index (χ2v) is 3.72. The fourth-order valence-electron chi connectivity index (χ4n) is 1.03. The van der Waals surface area contributed by atoms with E-state index < -0.39 is 17.1 Å². The number of hydrogen-bond acceptors (Lipinski definition) is 5. The Morgan fingerprint density at radius 1 is 1.29 bits per heavy atom. The van der Waals surface area contributed by atoms with Gasteiger partial charge in [-0.3, -0.25) is 14.3 Å². The van der Waals surface area contributed by atoms with Crippen LogP contribution >= 0.6 is 11.9 Å². The summed E-state index contributed by atoms with van der Waals surface area (Å²) in [7, 11) is 0. The van der Waals surface area contributed by atoms with Crippen LogP contribution < -0.4 is 15.2 Å². The van der Waals surface area contributed by atoms with Crippen molar-refractivity contribution in [1.29, 1.82) is 0 Å². The van der Waals surface area contributed by atoms with Crippen LogP contribution in [0.25, 0.3) is 0 Å². The van der Waals surface area contributed by atoms with Crippen LogP contribution in [0.1, 0.15) is 17.3 Å². The van der Waals surface area contributed by atoms with E-state index in [1.54, 1.807) is 12.1 Å². The molecule has 0 spiro atoms. The molecule has 17 heavy (non-hydrogen) atoms. The SMILES string of the molecule is CC(=O)Oc1ccccc1C(=O)SNC(N)=O. The number of urea groups is 1. The van der Waals surface area contributed by atoms with Gasteiger partial charge in [0.2, 0.25) is 5.12 Å². The molecule has 0 fully saturated rings. The number of rotatable bonds is 2. The molecule has 0 unspecified atom stereocenters. The molecule has 7 heteroatoms. The number of carbonyl (C=O) groups excluding carboxylic acids is 3. The van der Waals surface area contributed by atoms with E-state index in [4.69, 9.17) is 10.5 Å². The molecule has 0 aliphatic carbocycles. The number of primary amides is 1. The minimum absolute atomic E-state index is 0.142. The van der Waals surface area contributed by atoms with Gasteiger partial charge >= 0.3 is 12.0 Å². The van der Waals surface area contributed by atoms with Crippen LogP contribution in [0, 0.1) is 0 Å². The highest BCUT2D eigenvalue weighted by atomic mass is 32.2. The van der Waals surface area contributed by atoms with Crippen molar-refractivity contribution in [3.63, 3.8) is 0 Å². The molecule has 0 atom stereocenters. The van der Waals surface area contributed by atoms with Crippen molar-refractivity contribution in [1.82, 2.24) is 4.72 Å². The van der Waals surface area contributed by atoms with Gasteiger partial charge in [0.15, 0.2) is 0 Å². The Labute approximate surface area is 102 Å². The lowest BCUT2D eigenvalue weighted by atomic mass is 10.2. The molecule has 0 heterocycles. The fraction of sp³-hybridized carbons (Fsp3) is 0.100. The molecule has 6 nitrogen and oxygen atoms in total. The third-order valence-corrected chi connectivity index (χ3v) is 2.31.